The first-order chi connectivity index (χ1) is 9.33. The van der Waals surface area contributed by atoms with E-state index in [-0.39, 0.29) is 5.75 Å². The van der Waals surface area contributed by atoms with E-state index in [1.165, 1.54) is 11.8 Å². The number of hydrogen-bond donors (Lipinski definition) is 1. The number of aromatic nitrogens is 2. The van der Waals surface area contributed by atoms with E-state index in [2.05, 4.69) is 29.1 Å². The fourth-order valence-corrected chi connectivity index (χ4v) is 3.11. The van der Waals surface area contributed by atoms with Gasteiger partial charge in [-0.3, -0.25) is 0 Å². The maximum atomic E-state index is 11.3. The number of fused-ring (bicyclic) bond motifs is 1. The molecule has 1 aliphatic carbocycles. The van der Waals surface area contributed by atoms with Gasteiger partial charge in [0.05, 0.1) is 0 Å². The van der Waals surface area contributed by atoms with Crippen LogP contribution in [0.25, 0.3) is 0 Å². The molecule has 1 unspecified atom stereocenters. The SMILES string of the molecule is CC(C)NCC1CCc2nc(CS(C)(=O)=O)ncc2C1. The largest absolute Gasteiger partial charge is 0.314 e. The lowest BCUT2D eigenvalue weighted by Crippen LogP contribution is -2.32. The Balaban J connectivity index is 2.04. The summed E-state index contributed by atoms with van der Waals surface area (Å²) in [4.78, 5) is 8.61. The zero-order valence-electron chi connectivity index (χ0n) is 12.4. The predicted molar refractivity (Wildman–Crippen MR) is 79.2 cm³/mol. The van der Waals surface area contributed by atoms with Gasteiger partial charge in [0.25, 0.3) is 0 Å². The highest BCUT2D eigenvalue weighted by Crippen LogP contribution is 2.23. The summed E-state index contributed by atoms with van der Waals surface area (Å²) in [6, 6.07) is 0.504. The summed E-state index contributed by atoms with van der Waals surface area (Å²) < 4.78 is 22.6. The van der Waals surface area contributed by atoms with Crippen molar-refractivity contribution in [2.75, 3.05) is 12.8 Å². The van der Waals surface area contributed by atoms with Crippen LogP contribution < -0.4 is 5.32 Å². The average molecular weight is 297 g/mol. The molecule has 112 valence electrons. The van der Waals surface area contributed by atoms with Crippen LogP contribution >= 0.6 is 0 Å². The van der Waals surface area contributed by atoms with E-state index in [4.69, 9.17) is 0 Å². The fourth-order valence-electron chi connectivity index (χ4n) is 2.50. The van der Waals surface area contributed by atoms with Crippen molar-refractivity contribution in [2.24, 2.45) is 5.92 Å². The van der Waals surface area contributed by atoms with E-state index in [0.29, 0.717) is 17.8 Å². The number of aryl methyl sites for hydroxylation is 1. The van der Waals surface area contributed by atoms with Crippen molar-refractivity contribution in [1.29, 1.82) is 0 Å². The zero-order valence-corrected chi connectivity index (χ0v) is 13.2. The van der Waals surface area contributed by atoms with Crippen LogP contribution in [0, 0.1) is 5.92 Å². The first-order valence-electron chi connectivity index (χ1n) is 7.08. The van der Waals surface area contributed by atoms with E-state index in [1.54, 1.807) is 0 Å². The summed E-state index contributed by atoms with van der Waals surface area (Å²) in [5.41, 5.74) is 2.20. The third-order valence-electron chi connectivity index (χ3n) is 3.51. The molecule has 2 rings (SSSR count). The molecule has 0 aliphatic heterocycles. The van der Waals surface area contributed by atoms with Crippen molar-refractivity contribution in [3.63, 3.8) is 0 Å². The molecule has 1 N–H and O–H groups in total. The highest BCUT2D eigenvalue weighted by Gasteiger charge is 2.21. The monoisotopic (exact) mass is 297 g/mol. The molecule has 1 atom stereocenters. The lowest BCUT2D eigenvalue weighted by molar-refractivity contribution is 0.402. The standard InChI is InChI=1S/C14H23N3O2S/c1-10(2)15-7-11-4-5-13-12(6-11)8-16-14(17-13)9-20(3,18)19/h8,10-11,15H,4-7,9H2,1-3H3. The second-order valence-electron chi connectivity index (χ2n) is 6.00. The van der Waals surface area contributed by atoms with Gasteiger partial charge < -0.3 is 5.32 Å². The van der Waals surface area contributed by atoms with Crippen molar-refractivity contribution in [3.8, 4) is 0 Å². The van der Waals surface area contributed by atoms with Crippen LogP contribution in [-0.4, -0.2) is 37.2 Å². The molecule has 0 bridgehead atoms. The van der Waals surface area contributed by atoms with Gasteiger partial charge in [0.15, 0.2) is 9.84 Å². The Morgan fingerprint density at radius 3 is 2.85 bits per heavy atom. The van der Waals surface area contributed by atoms with Crippen molar-refractivity contribution in [1.82, 2.24) is 15.3 Å². The van der Waals surface area contributed by atoms with E-state index >= 15 is 0 Å². The number of hydrogen-bond acceptors (Lipinski definition) is 5. The molecule has 1 heterocycles. The minimum atomic E-state index is -3.07. The molecule has 1 aromatic rings. The van der Waals surface area contributed by atoms with Crippen LogP contribution in [0.4, 0.5) is 0 Å². The molecule has 20 heavy (non-hydrogen) atoms. The van der Waals surface area contributed by atoms with Gasteiger partial charge in [0.1, 0.15) is 11.6 Å². The first-order valence-corrected chi connectivity index (χ1v) is 9.14. The van der Waals surface area contributed by atoms with Crippen LogP contribution in [0.1, 0.15) is 37.4 Å². The normalized spacial score (nSPS) is 19.1. The Morgan fingerprint density at radius 1 is 1.45 bits per heavy atom. The summed E-state index contributed by atoms with van der Waals surface area (Å²) >= 11 is 0. The summed E-state index contributed by atoms with van der Waals surface area (Å²) in [5.74, 6) is 0.970. The van der Waals surface area contributed by atoms with E-state index in [9.17, 15) is 8.42 Å². The van der Waals surface area contributed by atoms with Gasteiger partial charge in [0, 0.05) is 24.2 Å². The Morgan fingerprint density at radius 2 is 2.20 bits per heavy atom. The fraction of sp³-hybridized carbons (Fsp3) is 0.714. The third-order valence-corrected chi connectivity index (χ3v) is 4.29. The van der Waals surface area contributed by atoms with Gasteiger partial charge in [-0.05, 0) is 37.3 Å². The molecule has 0 spiro atoms. The minimum Gasteiger partial charge on any atom is -0.314 e. The Labute approximate surface area is 121 Å². The van der Waals surface area contributed by atoms with E-state index in [1.807, 2.05) is 6.20 Å². The molecular formula is C14H23N3O2S. The maximum absolute atomic E-state index is 11.3. The van der Waals surface area contributed by atoms with Gasteiger partial charge in [0.2, 0.25) is 0 Å². The smallest absolute Gasteiger partial charge is 0.154 e. The van der Waals surface area contributed by atoms with Crippen LogP contribution in [0.15, 0.2) is 6.20 Å². The van der Waals surface area contributed by atoms with Gasteiger partial charge in [-0.1, -0.05) is 13.8 Å². The summed E-state index contributed by atoms with van der Waals surface area (Å²) in [6.45, 7) is 5.32. The van der Waals surface area contributed by atoms with Gasteiger partial charge >= 0.3 is 0 Å². The molecule has 0 saturated heterocycles. The number of sulfone groups is 1. The molecule has 6 heteroatoms. The molecule has 0 radical (unpaired) electrons. The van der Waals surface area contributed by atoms with Crippen molar-refractivity contribution in [2.45, 2.75) is 44.9 Å². The molecule has 0 fully saturated rings. The minimum absolute atomic E-state index is 0.0708. The van der Waals surface area contributed by atoms with E-state index in [0.717, 1.165) is 31.5 Å². The average Bonchev–Trinajstić information content (AvgIpc) is 2.34. The first kappa shape index (κ1) is 15.4. The number of nitrogens with one attached hydrogen (secondary N) is 1. The molecule has 0 aromatic carbocycles. The van der Waals surface area contributed by atoms with Gasteiger partial charge in [-0.2, -0.15) is 0 Å². The lowest BCUT2D eigenvalue weighted by Gasteiger charge is -2.25. The van der Waals surface area contributed by atoms with E-state index < -0.39 is 9.84 Å². The maximum Gasteiger partial charge on any atom is 0.154 e. The second kappa shape index (κ2) is 6.18. The topological polar surface area (TPSA) is 72.0 Å². The quantitative estimate of drug-likeness (QED) is 0.882. The third kappa shape index (κ3) is 4.52. The molecule has 0 amide bonds. The second-order valence-corrected chi connectivity index (χ2v) is 8.14. The molecule has 5 nitrogen and oxygen atoms in total. The van der Waals surface area contributed by atoms with Crippen molar-refractivity contribution < 1.29 is 8.42 Å². The molecule has 1 aliphatic rings. The molecular weight excluding hydrogens is 274 g/mol. The predicted octanol–water partition coefficient (Wildman–Crippen LogP) is 1.12. The molecule has 0 saturated carbocycles. The zero-order chi connectivity index (χ0) is 14.8. The highest BCUT2D eigenvalue weighted by molar-refractivity contribution is 7.89. The van der Waals surface area contributed by atoms with Crippen LogP contribution in [0.3, 0.4) is 0 Å². The van der Waals surface area contributed by atoms with Gasteiger partial charge in [-0.25, -0.2) is 18.4 Å². The highest BCUT2D eigenvalue weighted by atomic mass is 32.2. The van der Waals surface area contributed by atoms with Crippen LogP contribution in [0.5, 0.6) is 0 Å². The summed E-state index contributed by atoms with van der Waals surface area (Å²) in [7, 11) is -3.07. The Kier molecular flexibility index (Phi) is 4.75. The van der Waals surface area contributed by atoms with Gasteiger partial charge in [-0.15, -0.1) is 0 Å². The van der Waals surface area contributed by atoms with Crippen LogP contribution in [-0.2, 0) is 28.4 Å². The van der Waals surface area contributed by atoms with Crippen LogP contribution in [0.2, 0.25) is 0 Å². The van der Waals surface area contributed by atoms with Crippen molar-refractivity contribution >= 4 is 9.84 Å². The lowest BCUT2D eigenvalue weighted by atomic mass is 9.87. The summed E-state index contributed by atoms with van der Waals surface area (Å²) in [6.07, 6.45) is 6.02. The number of nitrogens with zero attached hydrogens (tertiary/aromatic N) is 2. The Hall–Kier alpha value is -1.01. The molecule has 1 aromatic heterocycles. The Bertz CT molecular complexity index is 570. The summed E-state index contributed by atoms with van der Waals surface area (Å²) in [5, 5.41) is 3.47. The number of rotatable bonds is 5. The van der Waals surface area contributed by atoms with Crippen molar-refractivity contribution in [3.05, 3.63) is 23.3 Å².